The number of amides is 2. The summed E-state index contributed by atoms with van der Waals surface area (Å²) in [5.74, 6) is -0.352. The van der Waals surface area contributed by atoms with Crippen LogP contribution in [-0.2, 0) is 9.59 Å². The molecule has 0 aliphatic carbocycles. The SMILES string of the molecule is CCC1C(=O)NC(=O)CN1CCCC(C)(C)CN. The number of hydrogen-bond acceptors (Lipinski definition) is 4. The third kappa shape index (κ3) is 4.07. The highest BCUT2D eigenvalue weighted by Gasteiger charge is 2.32. The molecule has 2 amide bonds. The lowest BCUT2D eigenvalue weighted by molar-refractivity contribution is -0.140. The summed E-state index contributed by atoms with van der Waals surface area (Å²) in [5, 5.41) is 2.39. The van der Waals surface area contributed by atoms with Crippen LogP contribution < -0.4 is 11.1 Å². The van der Waals surface area contributed by atoms with Crippen LogP contribution in [0.5, 0.6) is 0 Å². The van der Waals surface area contributed by atoms with Crippen LogP contribution in [0, 0.1) is 5.41 Å². The van der Waals surface area contributed by atoms with Gasteiger partial charge in [-0.05, 0) is 37.8 Å². The molecule has 1 aliphatic heterocycles. The molecule has 0 aromatic carbocycles. The Hall–Kier alpha value is -0.940. The van der Waals surface area contributed by atoms with Crippen molar-refractivity contribution in [1.29, 1.82) is 0 Å². The Labute approximate surface area is 109 Å². The van der Waals surface area contributed by atoms with E-state index in [-0.39, 0.29) is 23.3 Å². The third-order valence-electron chi connectivity index (χ3n) is 3.59. The Kier molecular flexibility index (Phi) is 5.28. The van der Waals surface area contributed by atoms with Gasteiger partial charge in [-0.1, -0.05) is 20.8 Å². The lowest BCUT2D eigenvalue weighted by atomic mass is 9.88. The lowest BCUT2D eigenvalue weighted by Crippen LogP contribution is -2.57. The van der Waals surface area contributed by atoms with Crippen molar-refractivity contribution >= 4 is 11.8 Å². The topological polar surface area (TPSA) is 75.4 Å². The summed E-state index contributed by atoms with van der Waals surface area (Å²) in [6.07, 6.45) is 2.70. The number of nitrogens with two attached hydrogens (primary N) is 1. The first-order chi connectivity index (χ1) is 8.39. The van der Waals surface area contributed by atoms with Gasteiger partial charge in [0.1, 0.15) is 0 Å². The van der Waals surface area contributed by atoms with Crippen molar-refractivity contribution < 1.29 is 9.59 Å². The molecule has 1 aliphatic rings. The van der Waals surface area contributed by atoms with E-state index in [9.17, 15) is 9.59 Å². The van der Waals surface area contributed by atoms with Crippen LogP contribution in [0.3, 0.4) is 0 Å². The maximum absolute atomic E-state index is 11.7. The number of imide groups is 1. The van der Waals surface area contributed by atoms with E-state index < -0.39 is 0 Å². The average molecular weight is 255 g/mol. The average Bonchev–Trinajstić information content (AvgIpc) is 2.28. The molecule has 5 heteroatoms. The van der Waals surface area contributed by atoms with Gasteiger partial charge in [0.2, 0.25) is 11.8 Å². The normalized spacial score (nSPS) is 22.1. The fourth-order valence-corrected chi connectivity index (χ4v) is 2.26. The summed E-state index contributed by atoms with van der Waals surface area (Å²) >= 11 is 0. The van der Waals surface area contributed by atoms with Crippen LogP contribution >= 0.6 is 0 Å². The van der Waals surface area contributed by atoms with Crippen LogP contribution in [0.1, 0.15) is 40.0 Å². The zero-order valence-electron chi connectivity index (χ0n) is 11.7. The van der Waals surface area contributed by atoms with Gasteiger partial charge in [-0.2, -0.15) is 0 Å². The molecule has 1 heterocycles. The molecule has 0 spiro atoms. The number of nitrogens with zero attached hydrogens (tertiary/aromatic N) is 1. The van der Waals surface area contributed by atoms with Gasteiger partial charge in [0.25, 0.3) is 0 Å². The first-order valence-corrected chi connectivity index (χ1v) is 6.67. The second kappa shape index (κ2) is 6.29. The molecule has 1 saturated heterocycles. The van der Waals surface area contributed by atoms with E-state index in [2.05, 4.69) is 19.2 Å². The molecule has 1 atom stereocenters. The van der Waals surface area contributed by atoms with E-state index in [0.717, 1.165) is 25.8 Å². The number of piperazine rings is 1. The molecule has 0 radical (unpaired) electrons. The van der Waals surface area contributed by atoms with E-state index in [1.807, 2.05) is 11.8 Å². The molecule has 18 heavy (non-hydrogen) atoms. The molecule has 104 valence electrons. The molecule has 0 bridgehead atoms. The number of carbonyl (C=O) groups excluding carboxylic acids is 2. The van der Waals surface area contributed by atoms with Gasteiger partial charge in [-0.15, -0.1) is 0 Å². The maximum Gasteiger partial charge on any atom is 0.243 e. The smallest absolute Gasteiger partial charge is 0.243 e. The van der Waals surface area contributed by atoms with Crippen molar-refractivity contribution in [1.82, 2.24) is 10.2 Å². The number of hydrogen-bond donors (Lipinski definition) is 2. The van der Waals surface area contributed by atoms with Crippen LogP contribution in [0.4, 0.5) is 0 Å². The predicted octanol–water partition coefficient (Wildman–Crippen LogP) is 0.489. The van der Waals surface area contributed by atoms with Gasteiger partial charge in [0.05, 0.1) is 12.6 Å². The van der Waals surface area contributed by atoms with Gasteiger partial charge >= 0.3 is 0 Å². The Morgan fingerprint density at radius 1 is 1.44 bits per heavy atom. The predicted molar refractivity (Wildman–Crippen MR) is 70.9 cm³/mol. The second-order valence-electron chi connectivity index (χ2n) is 5.78. The highest BCUT2D eigenvalue weighted by atomic mass is 16.2. The molecular formula is C13H25N3O2. The molecule has 0 aromatic heterocycles. The largest absolute Gasteiger partial charge is 0.330 e. The summed E-state index contributed by atoms with van der Waals surface area (Å²) < 4.78 is 0. The summed E-state index contributed by atoms with van der Waals surface area (Å²) in [6, 6.07) is -0.163. The molecule has 0 aromatic rings. The standard InChI is InChI=1S/C13H25N3O2/c1-4-10-12(18)15-11(17)8-16(10)7-5-6-13(2,3)9-14/h10H,4-9,14H2,1-3H3,(H,15,17,18). The van der Waals surface area contributed by atoms with Crippen LogP contribution in [0.2, 0.25) is 0 Å². The second-order valence-corrected chi connectivity index (χ2v) is 5.78. The van der Waals surface area contributed by atoms with E-state index in [4.69, 9.17) is 5.73 Å². The van der Waals surface area contributed by atoms with E-state index in [1.54, 1.807) is 0 Å². The van der Waals surface area contributed by atoms with Gasteiger partial charge in [-0.3, -0.25) is 19.8 Å². The van der Waals surface area contributed by atoms with Gasteiger partial charge in [0.15, 0.2) is 0 Å². The van der Waals surface area contributed by atoms with Crippen molar-refractivity contribution in [2.24, 2.45) is 11.1 Å². The van der Waals surface area contributed by atoms with Crippen molar-refractivity contribution in [2.75, 3.05) is 19.6 Å². The van der Waals surface area contributed by atoms with Gasteiger partial charge in [0, 0.05) is 0 Å². The van der Waals surface area contributed by atoms with Crippen molar-refractivity contribution in [3.63, 3.8) is 0 Å². The van der Waals surface area contributed by atoms with E-state index >= 15 is 0 Å². The zero-order chi connectivity index (χ0) is 13.8. The molecule has 1 unspecified atom stereocenters. The molecule has 1 rings (SSSR count). The molecular weight excluding hydrogens is 230 g/mol. The van der Waals surface area contributed by atoms with Crippen molar-refractivity contribution in [3.8, 4) is 0 Å². The minimum absolute atomic E-state index is 0.129. The highest BCUT2D eigenvalue weighted by molar-refractivity contribution is 6.01. The Morgan fingerprint density at radius 3 is 2.67 bits per heavy atom. The minimum atomic E-state index is -0.192. The minimum Gasteiger partial charge on any atom is -0.330 e. The number of rotatable bonds is 6. The van der Waals surface area contributed by atoms with Gasteiger partial charge in [-0.25, -0.2) is 0 Å². The molecule has 5 nitrogen and oxygen atoms in total. The monoisotopic (exact) mass is 255 g/mol. The maximum atomic E-state index is 11.7. The first kappa shape index (κ1) is 15.1. The van der Waals surface area contributed by atoms with Crippen LogP contribution in [0.15, 0.2) is 0 Å². The quantitative estimate of drug-likeness (QED) is 0.677. The lowest BCUT2D eigenvalue weighted by Gasteiger charge is -2.34. The zero-order valence-corrected chi connectivity index (χ0v) is 11.7. The summed E-state index contributed by atoms with van der Waals surface area (Å²) in [7, 11) is 0. The molecule has 1 fully saturated rings. The van der Waals surface area contributed by atoms with Crippen LogP contribution in [0.25, 0.3) is 0 Å². The molecule has 3 N–H and O–H groups in total. The van der Waals surface area contributed by atoms with E-state index in [1.165, 1.54) is 0 Å². The Bertz CT molecular complexity index is 315. The van der Waals surface area contributed by atoms with Crippen molar-refractivity contribution in [3.05, 3.63) is 0 Å². The highest BCUT2D eigenvalue weighted by Crippen LogP contribution is 2.21. The summed E-state index contributed by atoms with van der Waals surface area (Å²) in [4.78, 5) is 25.0. The number of nitrogens with one attached hydrogen (secondary N) is 1. The van der Waals surface area contributed by atoms with Crippen LogP contribution in [-0.4, -0.2) is 42.4 Å². The van der Waals surface area contributed by atoms with E-state index in [0.29, 0.717) is 13.1 Å². The first-order valence-electron chi connectivity index (χ1n) is 6.67. The summed E-state index contributed by atoms with van der Waals surface area (Å²) in [5.41, 5.74) is 5.82. The third-order valence-corrected chi connectivity index (χ3v) is 3.59. The summed E-state index contributed by atoms with van der Waals surface area (Å²) in [6.45, 7) is 8.01. The fraction of sp³-hybridized carbons (Fsp3) is 0.846. The Balaban J connectivity index is 2.48. The van der Waals surface area contributed by atoms with Gasteiger partial charge < -0.3 is 5.73 Å². The Morgan fingerprint density at radius 2 is 2.11 bits per heavy atom. The van der Waals surface area contributed by atoms with Crippen molar-refractivity contribution in [2.45, 2.75) is 46.1 Å². The molecule has 0 saturated carbocycles. The number of carbonyl (C=O) groups is 2. The fourth-order valence-electron chi connectivity index (χ4n) is 2.26.